The maximum Gasteiger partial charge on any atom is 0.203 e. The SMILES string of the molecule is CCCCCOCCCCC.OC1(O)C=CC(=C2C=CC=CC2=P)C=C1. The summed E-state index contributed by atoms with van der Waals surface area (Å²) in [6, 6.07) is 0. The first-order valence-electron chi connectivity index (χ1n) is 9.59. The molecule has 0 aromatic rings. The predicted molar refractivity (Wildman–Crippen MR) is 114 cm³/mol. The van der Waals surface area contributed by atoms with Crippen LogP contribution in [0.4, 0.5) is 0 Å². The van der Waals surface area contributed by atoms with Crippen molar-refractivity contribution in [1.29, 1.82) is 0 Å². The van der Waals surface area contributed by atoms with Gasteiger partial charge in [-0.3, -0.25) is 0 Å². The molecule has 2 aliphatic carbocycles. The van der Waals surface area contributed by atoms with Crippen molar-refractivity contribution in [2.75, 3.05) is 13.2 Å². The van der Waals surface area contributed by atoms with E-state index >= 15 is 0 Å². The van der Waals surface area contributed by atoms with Crippen LogP contribution in [-0.4, -0.2) is 34.5 Å². The van der Waals surface area contributed by atoms with Crippen LogP contribution >= 0.6 is 8.86 Å². The van der Waals surface area contributed by atoms with Crippen molar-refractivity contribution in [3.63, 3.8) is 0 Å². The lowest BCUT2D eigenvalue weighted by atomic mass is 9.96. The summed E-state index contributed by atoms with van der Waals surface area (Å²) in [7, 11) is 3.50. The molecule has 2 N–H and O–H groups in total. The highest BCUT2D eigenvalue weighted by molar-refractivity contribution is 7.23. The van der Waals surface area contributed by atoms with Crippen molar-refractivity contribution in [3.05, 3.63) is 59.8 Å². The van der Waals surface area contributed by atoms with E-state index in [2.05, 4.69) is 22.7 Å². The van der Waals surface area contributed by atoms with E-state index in [-0.39, 0.29) is 0 Å². The summed E-state index contributed by atoms with van der Waals surface area (Å²) in [6.45, 7) is 6.38. The van der Waals surface area contributed by atoms with Crippen LogP contribution < -0.4 is 0 Å². The van der Waals surface area contributed by atoms with Gasteiger partial charge >= 0.3 is 0 Å². The third kappa shape index (κ3) is 9.45. The van der Waals surface area contributed by atoms with E-state index in [9.17, 15) is 10.2 Å². The monoisotopic (exact) mass is 376 g/mol. The van der Waals surface area contributed by atoms with Crippen LogP contribution in [0.1, 0.15) is 52.4 Å². The topological polar surface area (TPSA) is 49.7 Å². The minimum Gasteiger partial charge on any atom is -0.381 e. The van der Waals surface area contributed by atoms with Gasteiger partial charge in [-0.25, -0.2) is 0 Å². The smallest absolute Gasteiger partial charge is 0.203 e. The first-order valence-corrected chi connectivity index (χ1v) is 10.1. The van der Waals surface area contributed by atoms with Crippen LogP contribution in [0.15, 0.2) is 59.8 Å². The summed E-state index contributed by atoms with van der Waals surface area (Å²) in [4.78, 5) is 0. The highest BCUT2D eigenvalue weighted by Crippen LogP contribution is 2.22. The standard InChI is InChI=1S/C12H11O2P.C10H22O/c13-12(14)7-5-9(6-8-12)10-3-1-2-4-11(10)15;1-3-5-7-9-11-10-8-6-4-2/h1-8,13-15H;3-10H2,1-2H3. The van der Waals surface area contributed by atoms with E-state index in [0.29, 0.717) is 0 Å². The molecule has 0 aromatic carbocycles. The molecule has 3 nitrogen and oxygen atoms in total. The van der Waals surface area contributed by atoms with Gasteiger partial charge in [0.15, 0.2) is 0 Å². The molecule has 0 heterocycles. The second kappa shape index (κ2) is 13.0. The molecule has 0 fully saturated rings. The Balaban J connectivity index is 0.000000276. The van der Waals surface area contributed by atoms with Crippen LogP contribution in [0.3, 0.4) is 0 Å². The lowest BCUT2D eigenvalue weighted by Crippen LogP contribution is -2.23. The molecule has 0 saturated carbocycles. The van der Waals surface area contributed by atoms with Crippen LogP contribution in [0.5, 0.6) is 0 Å². The zero-order valence-electron chi connectivity index (χ0n) is 16.1. The molecule has 0 atom stereocenters. The highest BCUT2D eigenvalue weighted by atomic mass is 31.0. The molecule has 0 saturated heterocycles. The molecule has 0 amide bonds. The predicted octanol–water partition coefficient (Wildman–Crippen LogP) is 4.91. The molecule has 0 radical (unpaired) electrons. The van der Waals surface area contributed by atoms with Gasteiger partial charge in [0.2, 0.25) is 5.79 Å². The lowest BCUT2D eigenvalue weighted by molar-refractivity contribution is -0.0747. The Bertz CT molecular complexity index is 554. The maximum atomic E-state index is 9.26. The Hall–Kier alpha value is -1.25. The second-order valence-corrected chi connectivity index (χ2v) is 7.02. The number of unbranched alkanes of at least 4 members (excludes halogenated alkanes) is 4. The zero-order valence-corrected chi connectivity index (χ0v) is 17.1. The van der Waals surface area contributed by atoms with E-state index in [1.165, 1.54) is 50.7 Å². The largest absolute Gasteiger partial charge is 0.381 e. The molecule has 2 rings (SSSR count). The molecule has 0 bridgehead atoms. The first kappa shape index (κ1) is 22.8. The van der Waals surface area contributed by atoms with Crippen LogP contribution in [0.2, 0.25) is 0 Å². The zero-order chi connectivity index (χ0) is 19.3. The normalized spacial score (nSPS) is 17.5. The van der Waals surface area contributed by atoms with Crippen molar-refractivity contribution < 1.29 is 14.9 Å². The minimum atomic E-state index is -1.82. The van der Waals surface area contributed by atoms with E-state index in [4.69, 9.17) is 4.74 Å². The average Bonchev–Trinajstić information content (AvgIpc) is 2.62. The molecule has 0 aliphatic heterocycles. The van der Waals surface area contributed by atoms with Gasteiger partial charge < -0.3 is 14.9 Å². The van der Waals surface area contributed by atoms with Crippen LogP contribution in [0.25, 0.3) is 0 Å². The molecule has 4 heteroatoms. The lowest BCUT2D eigenvalue weighted by Gasteiger charge is -2.18. The first-order chi connectivity index (χ1) is 12.5. The fourth-order valence-electron chi connectivity index (χ4n) is 2.46. The van der Waals surface area contributed by atoms with Gasteiger partial charge in [-0.05, 0) is 36.1 Å². The minimum absolute atomic E-state index is 0.944. The van der Waals surface area contributed by atoms with Crippen molar-refractivity contribution >= 4 is 14.2 Å². The number of rotatable bonds is 8. The van der Waals surface area contributed by atoms with E-state index in [0.717, 1.165) is 29.7 Å². The van der Waals surface area contributed by atoms with E-state index in [1.54, 1.807) is 12.2 Å². The molecule has 26 heavy (non-hydrogen) atoms. The summed E-state index contributed by atoms with van der Waals surface area (Å²) in [5.41, 5.74) is 1.97. The Morgan fingerprint density at radius 2 is 1.38 bits per heavy atom. The number of hydrogen-bond donors (Lipinski definition) is 2. The molecule has 0 aromatic heterocycles. The van der Waals surface area contributed by atoms with Crippen molar-refractivity contribution in [2.24, 2.45) is 0 Å². The summed E-state index contributed by atoms with van der Waals surface area (Å²) < 4.78 is 5.44. The Kier molecular flexibility index (Phi) is 11.4. The molecular weight excluding hydrogens is 343 g/mol. The summed E-state index contributed by atoms with van der Waals surface area (Å²) in [5, 5.41) is 19.5. The number of allylic oxidation sites excluding steroid dienone is 8. The molecular formula is C22H33O3P. The quantitative estimate of drug-likeness (QED) is 0.359. The number of aliphatic hydroxyl groups is 2. The van der Waals surface area contributed by atoms with Gasteiger partial charge in [-0.1, -0.05) is 76.0 Å². The third-order valence-corrected chi connectivity index (χ3v) is 4.47. The van der Waals surface area contributed by atoms with Gasteiger partial charge in [-0.15, -0.1) is 8.86 Å². The summed E-state index contributed by atoms with van der Waals surface area (Å²) in [6.07, 6.45) is 21.6. The van der Waals surface area contributed by atoms with E-state index < -0.39 is 5.79 Å². The summed E-state index contributed by atoms with van der Waals surface area (Å²) >= 11 is 0. The van der Waals surface area contributed by atoms with Crippen molar-refractivity contribution in [2.45, 2.75) is 58.2 Å². The van der Waals surface area contributed by atoms with Gasteiger partial charge in [0.25, 0.3) is 0 Å². The Morgan fingerprint density at radius 1 is 0.846 bits per heavy atom. The molecule has 2 aliphatic rings. The fraction of sp³-hybridized carbons (Fsp3) is 0.500. The fourth-order valence-corrected chi connectivity index (χ4v) is 2.78. The molecule has 144 valence electrons. The van der Waals surface area contributed by atoms with Gasteiger partial charge in [0.1, 0.15) is 0 Å². The van der Waals surface area contributed by atoms with Crippen LogP contribution in [0, 0.1) is 0 Å². The Labute approximate surface area is 160 Å². The van der Waals surface area contributed by atoms with Gasteiger partial charge in [-0.2, -0.15) is 0 Å². The average molecular weight is 376 g/mol. The third-order valence-electron chi connectivity index (χ3n) is 4.04. The van der Waals surface area contributed by atoms with Crippen molar-refractivity contribution in [1.82, 2.24) is 0 Å². The molecule has 0 unspecified atom stereocenters. The highest BCUT2D eigenvalue weighted by Gasteiger charge is 2.18. The number of hydrogen-bond acceptors (Lipinski definition) is 3. The van der Waals surface area contributed by atoms with E-state index in [1.807, 2.05) is 24.3 Å². The maximum absolute atomic E-state index is 9.26. The van der Waals surface area contributed by atoms with Gasteiger partial charge in [0, 0.05) is 18.5 Å². The van der Waals surface area contributed by atoms with Crippen molar-refractivity contribution in [3.8, 4) is 0 Å². The molecule has 0 spiro atoms. The van der Waals surface area contributed by atoms with Gasteiger partial charge in [0.05, 0.1) is 0 Å². The Morgan fingerprint density at radius 3 is 1.88 bits per heavy atom. The van der Waals surface area contributed by atoms with Crippen LogP contribution in [-0.2, 0) is 4.74 Å². The second-order valence-electron chi connectivity index (χ2n) is 6.48. The number of ether oxygens (including phenoxy) is 1. The summed E-state index contributed by atoms with van der Waals surface area (Å²) in [5.74, 6) is -1.82.